The zero-order valence-corrected chi connectivity index (χ0v) is 12.0. The van der Waals surface area contributed by atoms with Crippen LogP contribution in [0, 0.1) is 10.1 Å². The van der Waals surface area contributed by atoms with Crippen molar-refractivity contribution in [3.8, 4) is 0 Å². The number of carbonyl (C=O) groups is 2. The number of hydrogen-bond donors (Lipinski definition) is 3. The van der Waals surface area contributed by atoms with Gasteiger partial charge in [-0.1, -0.05) is 6.07 Å². The summed E-state index contributed by atoms with van der Waals surface area (Å²) in [5.41, 5.74) is 0.0595. The van der Waals surface area contributed by atoms with Crippen molar-refractivity contribution in [1.29, 1.82) is 0 Å². The molecule has 0 aliphatic rings. The number of anilines is 1. The van der Waals surface area contributed by atoms with E-state index in [1.54, 1.807) is 0 Å². The van der Waals surface area contributed by atoms with Crippen LogP contribution in [0.5, 0.6) is 0 Å². The largest absolute Gasteiger partial charge is 0.348 e. The highest BCUT2D eigenvalue weighted by Gasteiger charge is 2.14. The third-order valence-electron chi connectivity index (χ3n) is 2.66. The molecule has 0 aliphatic heterocycles. The molecule has 1 rings (SSSR count). The molecule has 0 radical (unpaired) electrons. The van der Waals surface area contributed by atoms with E-state index in [0.29, 0.717) is 6.54 Å². The van der Waals surface area contributed by atoms with Crippen LogP contribution in [0.4, 0.5) is 11.4 Å². The SMILES string of the molecule is C[NH+](C)CCCNC(=O)C(=O)Nc1cccc([N+](=O)[O-])c1. The average Bonchev–Trinajstić information content (AvgIpc) is 2.43. The first-order valence-electron chi connectivity index (χ1n) is 6.53. The van der Waals surface area contributed by atoms with E-state index in [2.05, 4.69) is 10.6 Å². The molecule has 0 unspecified atom stereocenters. The number of carbonyl (C=O) groups excluding carboxylic acids is 2. The zero-order chi connectivity index (χ0) is 15.8. The predicted molar refractivity (Wildman–Crippen MR) is 77.0 cm³/mol. The maximum absolute atomic E-state index is 11.6. The van der Waals surface area contributed by atoms with E-state index in [1.807, 2.05) is 14.1 Å². The lowest BCUT2D eigenvalue weighted by Gasteiger charge is -2.08. The second-order valence-corrected chi connectivity index (χ2v) is 4.83. The van der Waals surface area contributed by atoms with Gasteiger partial charge in [-0.15, -0.1) is 0 Å². The van der Waals surface area contributed by atoms with Crippen LogP contribution in [0.25, 0.3) is 0 Å². The lowest BCUT2D eigenvalue weighted by Crippen LogP contribution is -3.05. The van der Waals surface area contributed by atoms with Crippen molar-refractivity contribution in [1.82, 2.24) is 5.32 Å². The Kier molecular flexibility index (Phi) is 6.28. The third kappa shape index (κ3) is 6.00. The van der Waals surface area contributed by atoms with Crippen molar-refractivity contribution in [2.45, 2.75) is 6.42 Å². The number of nitrogens with one attached hydrogen (secondary N) is 3. The quantitative estimate of drug-likeness (QED) is 0.276. The summed E-state index contributed by atoms with van der Waals surface area (Å²) in [6.45, 7) is 1.29. The molecule has 2 amide bonds. The van der Waals surface area contributed by atoms with Crippen molar-refractivity contribution in [2.75, 3.05) is 32.5 Å². The van der Waals surface area contributed by atoms with Gasteiger partial charge in [-0.3, -0.25) is 19.7 Å². The Morgan fingerprint density at radius 1 is 1.29 bits per heavy atom. The molecule has 114 valence electrons. The lowest BCUT2D eigenvalue weighted by molar-refractivity contribution is -0.858. The first kappa shape index (κ1) is 16.6. The van der Waals surface area contributed by atoms with Crippen LogP contribution in [0.3, 0.4) is 0 Å². The average molecular weight is 295 g/mol. The summed E-state index contributed by atoms with van der Waals surface area (Å²) in [5.74, 6) is -1.59. The molecule has 0 saturated heterocycles. The van der Waals surface area contributed by atoms with Crippen molar-refractivity contribution in [3.05, 3.63) is 34.4 Å². The minimum absolute atomic E-state index is 0.151. The van der Waals surface area contributed by atoms with Crippen molar-refractivity contribution in [2.24, 2.45) is 0 Å². The molecule has 0 fully saturated rings. The smallest absolute Gasteiger partial charge is 0.313 e. The summed E-state index contributed by atoms with van der Waals surface area (Å²) in [7, 11) is 3.99. The van der Waals surface area contributed by atoms with E-state index in [-0.39, 0.29) is 11.4 Å². The molecule has 0 spiro atoms. The van der Waals surface area contributed by atoms with Crippen LogP contribution in [-0.2, 0) is 9.59 Å². The molecule has 3 N–H and O–H groups in total. The van der Waals surface area contributed by atoms with Gasteiger partial charge in [-0.25, -0.2) is 0 Å². The number of nitro benzene ring substituents is 1. The second kappa shape index (κ2) is 7.95. The van der Waals surface area contributed by atoms with E-state index in [9.17, 15) is 19.7 Å². The van der Waals surface area contributed by atoms with E-state index in [4.69, 9.17) is 0 Å². The first-order chi connectivity index (χ1) is 9.90. The number of nitro groups is 1. The van der Waals surface area contributed by atoms with Crippen molar-refractivity contribution in [3.63, 3.8) is 0 Å². The van der Waals surface area contributed by atoms with Crippen LogP contribution in [0.15, 0.2) is 24.3 Å². The molecule has 0 aliphatic carbocycles. The summed E-state index contributed by atoms with van der Waals surface area (Å²) in [4.78, 5) is 34.5. The highest BCUT2D eigenvalue weighted by atomic mass is 16.6. The normalized spacial score (nSPS) is 10.2. The predicted octanol–water partition coefficient (Wildman–Crippen LogP) is -0.816. The van der Waals surface area contributed by atoms with Crippen molar-refractivity contribution >= 4 is 23.2 Å². The fraction of sp³-hybridized carbons (Fsp3) is 0.385. The molecular weight excluding hydrogens is 276 g/mol. The number of quaternary nitrogens is 1. The summed E-state index contributed by atoms with van der Waals surface area (Å²) in [5, 5.41) is 15.4. The van der Waals surface area contributed by atoms with Crippen LogP contribution < -0.4 is 15.5 Å². The second-order valence-electron chi connectivity index (χ2n) is 4.83. The number of amides is 2. The Bertz CT molecular complexity index is 531. The number of rotatable bonds is 6. The molecular formula is C13H19N4O4+. The molecule has 21 heavy (non-hydrogen) atoms. The van der Waals surface area contributed by atoms with Crippen LogP contribution in [0.1, 0.15) is 6.42 Å². The molecule has 0 bridgehead atoms. The molecule has 0 saturated carbocycles. The molecule has 0 atom stereocenters. The first-order valence-corrected chi connectivity index (χ1v) is 6.53. The van der Waals surface area contributed by atoms with Gasteiger partial charge in [-0.2, -0.15) is 0 Å². The van der Waals surface area contributed by atoms with Gasteiger partial charge < -0.3 is 15.5 Å². The Morgan fingerprint density at radius 2 is 2.00 bits per heavy atom. The molecule has 1 aromatic carbocycles. The number of benzene rings is 1. The van der Waals surface area contributed by atoms with Crippen LogP contribution >= 0.6 is 0 Å². The highest BCUT2D eigenvalue weighted by Crippen LogP contribution is 2.16. The van der Waals surface area contributed by atoms with E-state index < -0.39 is 16.7 Å². The fourth-order valence-corrected chi connectivity index (χ4v) is 1.61. The summed E-state index contributed by atoms with van der Waals surface area (Å²) < 4.78 is 0. The fourth-order valence-electron chi connectivity index (χ4n) is 1.61. The number of non-ortho nitro benzene ring substituents is 1. The molecule has 1 aromatic rings. The van der Waals surface area contributed by atoms with Gasteiger partial charge in [0.2, 0.25) is 0 Å². The molecule has 0 heterocycles. The molecule has 8 nitrogen and oxygen atoms in total. The van der Waals surface area contributed by atoms with E-state index >= 15 is 0 Å². The number of nitrogens with zero attached hydrogens (tertiary/aromatic N) is 1. The van der Waals surface area contributed by atoms with Gasteiger partial charge in [0.25, 0.3) is 5.69 Å². The maximum Gasteiger partial charge on any atom is 0.313 e. The summed E-state index contributed by atoms with van der Waals surface area (Å²) in [6.07, 6.45) is 0.762. The summed E-state index contributed by atoms with van der Waals surface area (Å²) >= 11 is 0. The Labute approximate surface area is 122 Å². The Morgan fingerprint density at radius 3 is 2.62 bits per heavy atom. The van der Waals surface area contributed by atoms with Gasteiger partial charge in [0.05, 0.1) is 25.6 Å². The van der Waals surface area contributed by atoms with Gasteiger partial charge >= 0.3 is 11.8 Å². The molecule has 0 aromatic heterocycles. The number of hydrogen-bond acceptors (Lipinski definition) is 4. The maximum atomic E-state index is 11.6. The Balaban J connectivity index is 2.47. The minimum atomic E-state index is -0.840. The van der Waals surface area contributed by atoms with E-state index in [1.165, 1.54) is 29.2 Å². The summed E-state index contributed by atoms with van der Waals surface area (Å²) in [6, 6.07) is 5.42. The highest BCUT2D eigenvalue weighted by molar-refractivity contribution is 6.39. The third-order valence-corrected chi connectivity index (χ3v) is 2.66. The van der Waals surface area contributed by atoms with Crippen molar-refractivity contribution < 1.29 is 19.4 Å². The minimum Gasteiger partial charge on any atom is -0.348 e. The van der Waals surface area contributed by atoms with Gasteiger partial charge in [0.15, 0.2) is 0 Å². The zero-order valence-electron chi connectivity index (χ0n) is 12.0. The van der Waals surface area contributed by atoms with Crippen LogP contribution in [0.2, 0.25) is 0 Å². The topological polar surface area (TPSA) is 106 Å². The standard InChI is InChI=1S/C13H18N4O4/c1-16(2)8-4-7-14-12(18)13(19)15-10-5-3-6-11(9-10)17(20)21/h3,5-6,9H,4,7-8H2,1-2H3,(H,14,18)(H,15,19)/p+1. The lowest BCUT2D eigenvalue weighted by atomic mass is 10.3. The Hall–Kier alpha value is -2.48. The van der Waals surface area contributed by atoms with E-state index in [0.717, 1.165) is 13.0 Å². The molecule has 8 heteroatoms. The van der Waals surface area contributed by atoms with Crippen LogP contribution in [-0.4, -0.2) is 43.9 Å². The van der Waals surface area contributed by atoms with Gasteiger partial charge in [-0.05, 0) is 6.07 Å². The monoisotopic (exact) mass is 295 g/mol. The van der Waals surface area contributed by atoms with Gasteiger partial charge in [0, 0.05) is 30.8 Å². The van der Waals surface area contributed by atoms with Gasteiger partial charge in [0.1, 0.15) is 0 Å².